The minimum Gasteiger partial charge on any atom is -0.378 e. The summed E-state index contributed by atoms with van der Waals surface area (Å²) in [4.78, 5) is 0. The van der Waals surface area contributed by atoms with E-state index < -0.39 is 10.0 Å². The molecule has 3 rings (SSSR count). The fourth-order valence-electron chi connectivity index (χ4n) is 3.17. The summed E-state index contributed by atoms with van der Waals surface area (Å²) in [6, 6.07) is 9.51. The molecule has 2 heterocycles. The SMILES string of the molecule is Cc1nn(-c2ccccc2)c(C)c1[C@@H]1COCCN1S(C)(=O)=O. The van der Waals surface area contributed by atoms with Crippen LogP contribution in [0.15, 0.2) is 30.3 Å². The second-order valence-electron chi connectivity index (χ2n) is 5.80. The Bertz CT molecular complexity index is 799. The highest BCUT2D eigenvalue weighted by atomic mass is 32.2. The normalized spacial score (nSPS) is 19.9. The van der Waals surface area contributed by atoms with Gasteiger partial charge in [-0.1, -0.05) is 18.2 Å². The van der Waals surface area contributed by atoms with E-state index in [0.717, 1.165) is 22.6 Å². The van der Waals surface area contributed by atoms with E-state index in [1.165, 1.54) is 10.6 Å². The van der Waals surface area contributed by atoms with E-state index in [9.17, 15) is 8.42 Å². The number of nitrogens with zero attached hydrogens (tertiary/aromatic N) is 3. The number of benzene rings is 1. The molecule has 1 saturated heterocycles. The summed E-state index contributed by atoms with van der Waals surface area (Å²) in [6.45, 7) is 5.04. The first-order chi connectivity index (χ1) is 10.9. The van der Waals surface area contributed by atoms with Gasteiger partial charge in [-0.2, -0.15) is 9.40 Å². The molecule has 1 atom stereocenters. The predicted octanol–water partition coefficient (Wildman–Crippen LogP) is 1.82. The van der Waals surface area contributed by atoms with Gasteiger partial charge in [0, 0.05) is 17.8 Å². The van der Waals surface area contributed by atoms with Crippen LogP contribution in [0.1, 0.15) is 23.0 Å². The molecule has 1 fully saturated rings. The Morgan fingerprint density at radius 1 is 1.22 bits per heavy atom. The van der Waals surface area contributed by atoms with E-state index in [0.29, 0.717) is 19.8 Å². The first-order valence-electron chi connectivity index (χ1n) is 7.55. The van der Waals surface area contributed by atoms with Gasteiger partial charge in [0.25, 0.3) is 0 Å². The average molecular weight is 335 g/mol. The molecule has 6 nitrogen and oxygen atoms in total. The number of para-hydroxylation sites is 1. The Labute approximate surface area is 136 Å². The van der Waals surface area contributed by atoms with Gasteiger partial charge in [0.1, 0.15) is 0 Å². The maximum atomic E-state index is 12.1. The van der Waals surface area contributed by atoms with Crippen LogP contribution in [0.25, 0.3) is 5.69 Å². The van der Waals surface area contributed by atoms with E-state index in [2.05, 4.69) is 5.10 Å². The van der Waals surface area contributed by atoms with Crippen molar-refractivity contribution in [2.75, 3.05) is 26.0 Å². The monoisotopic (exact) mass is 335 g/mol. The summed E-state index contributed by atoms with van der Waals surface area (Å²) in [5, 5.41) is 4.61. The van der Waals surface area contributed by atoms with Crippen LogP contribution in [0.5, 0.6) is 0 Å². The van der Waals surface area contributed by atoms with Crippen molar-refractivity contribution < 1.29 is 13.2 Å². The molecule has 7 heteroatoms. The minimum absolute atomic E-state index is 0.323. The van der Waals surface area contributed by atoms with Crippen molar-refractivity contribution in [3.05, 3.63) is 47.3 Å². The second kappa shape index (κ2) is 6.07. The Balaban J connectivity index is 2.08. The molecule has 0 saturated carbocycles. The van der Waals surface area contributed by atoms with Gasteiger partial charge in [-0.05, 0) is 26.0 Å². The van der Waals surface area contributed by atoms with Gasteiger partial charge in [0.05, 0.1) is 36.9 Å². The molecule has 23 heavy (non-hydrogen) atoms. The van der Waals surface area contributed by atoms with E-state index in [-0.39, 0.29) is 6.04 Å². The molecule has 0 bridgehead atoms. The summed E-state index contributed by atoms with van der Waals surface area (Å²) in [6.07, 6.45) is 1.25. The maximum absolute atomic E-state index is 12.1. The summed E-state index contributed by atoms with van der Waals surface area (Å²) in [5.74, 6) is 0. The first kappa shape index (κ1) is 16.2. The Hall–Kier alpha value is -1.70. The molecule has 0 spiro atoms. The van der Waals surface area contributed by atoms with Gasteiger partial charge < -0.3 is 4.74 Å². The van der Waals surface area contributed by atoms with Gasteiger partial charge in [0.15, 0.2) is 0 Å². The molecule has 0 amide bonds. The van der Waals surface area contributed by atoms with Crippen LogP contribution in [0, 0.1) is 13.8 Å². The first-order valence-corrected chi connectivity index (χ1v) is 9.40. The highest BCUT2D eigenvalue weighted by molar-refractivity contribution is 7.88. The zero-order valence-corrected chi connectivity index (χ0v) is 14.4. The lowest BCUT2D eigenvalue weighted by Gasteiger charge is -2.34. The van der Waals surface area contributed by atoms with Crippen LogP contribution in [0.4, 0.5) is 0 Å². The van der Waals surface area contributed by atoms with E-state index >= 15 is 0 Å². The number of hydrogen-bond donors (Lipinski definition) is 0. The number of aryl methyl sites for hydroxylation is 1. The topological polar surface area (TPSA) is 64.4 Å². The largest absolute Gasteiger partial charge is 0.378 e. The Kier molecular flexibility index (Phi) is 4.27. The van der Waals surface area contributed by atoms with Crippen LogP contribution in [-0.2, 0) is 14.8 Å². The van der Waals surface area contributed by atoms with Gasteiger partial charge >= 0.3 is 0 Å². The third-order valence-corrected chi connectivity index (χ3v) is 5.48. The van der Waals surface area contributed by atoms with E-state index in [4.69, 9.17) is 4.74 Å². The van der Waals surface area contributed by atoms with Gasteiger partial charge in [-0.3, -0.25) is 0 Å². The molecule has 0 radical (unpaired) electrons. The van der Waals surface area contributed by atoms with Crippen molar-refractivity contribution in [3.63, 3.8) is 0 Å². The summed E-state index contributed by atoms with van der Waals surface area (Å²) in [5.41, 5.74) is 3.66. The van der Waals surface area contributed by atoms with Crippen LogP contribution in [0.3, 0.4) is 0 Å². The molecule has 1 aliphatic rings. The smallest absolute Gasteiger partial charge is 0.211 e. The minimum atomic E-state index is -3.30. The zero-order chi connectivity index (χ0) is 16.6. The molecule has 124 valence electrons. The predicted molar refractivity (Wildman–Crippen MR) is 88.1 cm³/mol. The lowest BCUT2D eigenvalue weighted by Crippen LogP contribution is -2.43. The number of aromatic nitrogens is 2. The Morgan fingerprint density at radius 2 is 1.91 bits per heavy atom. The van der Waals surface area contributed by atoms with Gasteiger partial charge in [0.2, 0.25) is 10.0 Å². The molecular weight excluding hydrogens is 314 g/mol. The van der Waals surface area contributed by atoms with Crippen molar-refractivity contribution in [1.29, 1.82) is 0 Å². The van der Waals surface area contributed by atoms with Crippen molar-refractivity contribution in [2.24, 2.45) is 0 Å². The number of hydrogen-bond acceptors (Lipinski definition) is 4. The molecule has 1 aromatic heterocycles. The third-order valence-electron chi connectivity index (χ3n) is 4.19. The zero-order valence-electron chi connectivity index (χ0n) is 13.6. The Morgan fingerprint density at radius 3 is 2.57 bits per heavy atom. The highest BCUT2D eigenvalue weighted by Crippen LogP contribution is 2.32. The molecule has 0 aliphatic carbocycles. The lowest BCUT2D eigenvalue weighted by atomic mass is 10.0. The number of ether oxygens (including phenoxy) is 1. The quantitative estimate of drug-likeness (QED) is 0.858. The maximum Gasteiger partial charge on any atom is 0.211 e. The van der Waals surface area contributed by atoms with Crippen LogP contribution in [-0.4, -0.2) is 48.5 Å². The summed E-state index contributed by atoms with van der Waals surface area (Å²) >= 11 is 0. The number of rotatable bonds is 3. The van der Waals surface area contributed by atoms with Crippen molar-refractivity contribution >= 4 is 10.0 Å². The van der Waals surface area contributed by atoms with Crippen LogP contribution >= 0.6 is 0 Å². The molecule has 0 unspecified atom stereocenters. The molecule has 2 aromatic rings. The fraction of sp³-hybridized carbons (Fsp3) is 0.438. The molecule has 1 aromatic carbocycles. The van der Waals surface area contributed by atoms with Crippen molar-refractivity contribution in [3.8, 4) is 5.69 Å². The van der Waals surface area contributed by atoms with E-state index in [1.807, 2.05) is 48.9 Å². The van der Waals surface area contributed by atoms with Crippen LogP contribution in [0.2, 0.25) is 0 Å². The van der Waals surface area contributed by atoms with Crippen molar-refractivity contribution in [2.45, 2.75) is 19.9 Å². The van der Waals surface area contributed by atoms with Crippen LogP contribution < -0.4 is 0 Å². The summed E-state index contributed by atoms with van der Waals surface area (Å²) < 4.78 is 33.1. The standard InChI is InChI=1S/C16H21N3O3S/c1-12-16(15-11-22-10-9-18(15)23(3,20)21)13(2)19(17-12)14-7-5-4-6-8-14/h4-8,15H,9-11H2,1-3H3/t15-/m0/s1. The second-order valence-corrected chi connectivity index (χ2v) is 7.73. The molecule has 0 N–H and O–H groups in total. The number of morpholine rings is 1. The van der Waals surface area contributed by atoms with E-state index in [1.54, 1.807) is 0 Å². The van der Waals surface area contributed by atoms with Crippen molar-refractivity contribution in [1.82, 2.24) is 14.1 Å². The van der Waals surface area contributed by atoms with Gasteiger partial charge in [-0.25, -0.2) is 13.1 Å². The highest BCUT2D eigenvalue weighted by Gasteiger charge is 2.34. The summed E-state index contributed by atoms with van der Waals surface area (Å²) in [7, 11) is -3.30. The molecular formula is C16H21N3O3S. The average Bonchev–Trinajstić information content (AvgIpc) is 2.82. The van der Waals surface area contributed by atoms with Gasteiger partial charge in [-0.15, -0.1) is 0 Å². The fourth-order valence-corrected chi connectivity index (χ4v) is 4.21. The molecule has 1 aliphatic heterocycles. The number of sulfonamides is 1. The lowest BCUT2D eigenvalue weighted by molar-refractivity contribution is 0.0319. The third kappa shape index (κ3) is 3.04.